The molecule has 0 atom stereocenters. The molecule has 0 radical (unpaired) electrons. The maximum Gasteiger partial charge on any atom is 0.419 e. The molecule has 0 aliphatic carbocycles. The summed E-state index contributed by atoms with van der Waals surface area (Å²) in [7, 11) is 1.45. The topological polar surface area (TPSA) is 61.9 Å². The molecule has 1 aromatic heterocycles. The Kier molecular flexibility index (Phi) is 5.32. The quantitative estimate of drug-likeness (QED) is 0.647. The summed E-state index contributed by atoms with van der Waals surface area (Å²) >= 11 is 0. The first-order valence-corrected chi connectivity index (χ1v) is 8.67. The first kappa shape index (κ1) is 20.4. The van der Waals surface area contributed by atoms with E-state index in [1.54, 1.807) is 32.0 Å². The average Bonchev–Trinajstić information content (AvgIpc) is 2.97. The number of nitrogens with zero attached hydrogens (tertiary/aromatic N) is 4. The van der Waals surface area contributed by atoms with Crippen LogP contribution in [0.2, 0.25) is 0 Å². The van der Waals surface area contributed by atoms with E-state index < -0.39 is 17.4 Å². The lowest BCUT2D eigenvalue weighted by atomic mass is 10.0. The van der Waals surface area contributed by atoms with Crippen molar-refractivity contribution in [2.24, 2.45) is 7.05 Å². The van der Waals surface area contributed by atoms with Crippen LogP contribution in [0.15, 0.2) is 47.8 Å². The number of hydrogen-bond acceptors (Lipinski definition) is 4. The van der Waals surface area contributed by atoms with Crippen molar-refractivity contribution >= 4 is 5.57 Å². The molecule has 2 aromatic carbocycles. The molecule has 1 heterocycles. The highest BCUT2D eigenvalue weighted by atomic mass is 19.4. The van der Waals surface area contributed by atoms with Gasteiger partial charge >= 0.3 is 11.9 Å². The van der Waals surface area contributed by atoms with Gasteiger partial charge in [-0.1, -0.05) is 30.4 Å². The zero-order valence-electron chi connectivity index (χ0n) is 16.1. The van der Waals surface area contributed by atoms with Crippen molar-refractivity contribution in [1.29, 1.82) is 0 Å². The Morgan fingerprint density at radius 2 is 1.93 bits per heavy atom. The second-order valence-corrected chi connectivity index (χ2v) is 6.67. The molecule has 6 nitrogen and oxygen atoms in total. The molecule has 0 amide bonds. The van der Waals surface area contributed by atoms with Gasteiger partial charge in [0.1, 0.15) is 12.4 Å². The molecule has 0 spiro atoms. The fourth-order valence-electron chi connectivity index (χ4n) is 2.92. The third-order valence-electron chi connectivity index (χ3n) is 4.38. The van der Waals surface area contributed by atoms with Crippen LogP contribution in [0.5, 0.6) is 5.75 Å². The second kappa shape index (κ2) is 7.57. The van der Waals surface area contributed by atoms with Crippen LogP contribution >= 0.6 is 0 Å². The summed E-state index contributed by atoms with van der Waals surface area (Å²) in [6.45, 7) is 7.14. The van der Waals surface area contributed by atoms with Gasteiger partial charge in [-0.2, -0.15) is 22.5 Å². The number of aryl methyl sites for hydroxylation is 2. The zero-order valence-corrected chi connectivity index (χ0v) is 16.1. The molecule has 29 heavy (non-hydrogen) atoms. The average molecular weight is 404 g/mol. The number of halogens is 3. The van der Waals surface area contributed by atoms with Crippen LogP contribution in [0.3, 0.4) is 0 Å². The van der Waals surface area contributed by atoms with Gasteiger partial charge in [-0.25, -0.2) is 4.79 Å². The molecule has 0 aliphatic rings. The first-order chi connectivity index (χ1) is 13.6. The van der Waals surface area contributed by atoms with E-state index in [4.69, 9.17) is 4.74 Å². The highest BCUT2D eigenvalue weighted by Gasteiger charge is 2.34. The summed E-state index contributed by atoms with van der Waals surface area (Å²) in [6, 6.07) is 8.79. The monoisotopic (exact) mass is 404 g/mol. The van der Waals surface area contributed by atoms with E-state index in [0.717, 1.165) is 15.4 Å². The summed E-state index contributed by atoms with van der Waals surface area (Å²) in [4.78, 5) is 12.3. The Hall–Kier alpha value is -3.36. The van der Waals surface area contributed by atoms with Crippen LogP contribution < -0.4 is 10.4 Å². The van der Waals surface area contributed by atoms with Gasteiger partial charge in [0.05, 0.1) is 11.3 Å². The summed E-state index contributed by atoms with van der Waals surface area (Å²) in [5.41, 5.74) is 1.45. The van der Waals surface area contributed by atoms with Gasteiger partial charge in [-0.3, -0.25) is 0 Å². The van der Waals surface area contributed by atoms with E-state index in [2.05, 4.69) is 17.0 Å². The minimum absolute atomic E-state index is 0.214. The molecule has 0 saturated carbocycles. The van der Waals surface area contributed by atoms with E-state index in [9.17, 15) is 18.0 Å². The SMILES string of the molecule is C=C(C)c1cccc(-n2nnn(C)c2=O)c1COc1cc(C)ccc1C(F)(F)F. The fourth-order valence-corrected chi connectivity index (χ4v) is 2.92. The number of aromatic nitrogens is 4. The van der Waals surface area contributed by atoms with Gasteiger partial charge in [-0.15, -0.1) is 0 Å². The molecule has 0 unspecified atom stereocenters. The van der Waals surface area contributed by atoms with Crippen molar-refractivity contribution in [2.75, 3.05) is 0 Å². The third-order valence-corrected chi connectivity index (χ3v) is 4.38. The largest absolute Gasteiger partial charge is 0.488 e. The summed E-state index contributed by atoms with van der Waals surface area (Å²) in [6.07, 6.45) is -4.55. The smallest absolute Gasteiger partial charge is 0.419 e. The molecular formula is C20H19F3N4O2. The van der Waals surface area contributed by atoms with E-state index >= 15 is 0 Å². The molecule has 0 saturated heterocycles. The van der Waals surface area contributed by atoms with Crippen LogP contribution in [0.4, 0.5) is 13.2 Å². The standard InChI is InChI=1S/C20H19F3N4O2/c1-12(2)14-6-5-7-17(27-19(28)26(4)24-25-27)15(14)11-29-18-10-13(3)8-9-16(18)20(21,22)23/h5-10H,1,11H2,2-4H3. The lowest BCUT2D eigenvalue weighted by Gasteiger charge is -2.18. The first-order valence-electron chi connectivity index (χ1n) is 8.67. The van der Waals surface area contributed by atoms with E-state index in [0.29, 0.717) is 28.0 Å². The van der Waals surface area contributed by atoms with Crippen LogP contribution in [-0.2, 0) is 19.8 Å². The summed E-state index contributed by atoms with van der Waals surface area (Å²) in [5.74, 6) is -0.286. The number of alkyl halides is 3. The number of ether oxygens (including phenoxy) is 1. The van der Waals surface area contributed by atoms with Crippen LogP contribution in [-0.4, -0.2) is 19.8 Å². The van der Waals surface area contributed by atoms with Crippen molar-refractivity contribution in [2.45, 2.75) is 26.6 Å². The number of allylic oxidation sites excluding steroid dienone is 1. The normalized spacial score (nSPS) is 11.5. The van der Waals surface area contributed by atoms with Gasteiger partial charge < -0.3 is 4.74 Å². The van der Waals surface area contributed by atoms with Crippen molar-refractivity contribution in [1.82, 2.24) is 19.8 Å². The third kappa shape index (κ3) is 4.08. The molecule has 0 bridgehead atoms. The lowest BCUT2D eigenvalue weighted by molar-refractivity contribution is -0.139. The van der Waals surface area contributed by atoms with Crippen LogP contribution in [0.25, 0.3) is 11.3 Å². The molecule has 0 aliphatic heterocycles. The number of hydrogen-bond donors (Lipinski definition) is 0. The summed E-state index contributed by atoms with van der Waals surface area (Å²) < 4.78 is 47.8. The molecule has 0 N–H and O–H groups in total. The Morgan fingerprint density at radius 1 is 1.21 bits per heavy atom. The summed E-state index contributed by atoms with van der Waals surface area (Å²) in [5, 5.41) is 7.51. The van der Waals surface area contributed by atoms with Gasteiger partial charge in [0.15, 0.2) is 0 Å². The van der Waals surface area contributed by atoms with Gasteiger partial charge in [0, 0.05) is 12.6 Å². The predicted octanol–water partition coefficient (Wildman–Crippen LogP) is 3.91. The van der Waals surface area contributed by atoms with Crippen LogP contribution in [0.1, 0.15) is 29.2 Å². The molecular weight excluding hydrogens is 385 g/mol. The highest BCUT2D eigenvalue weighted by Crippen LogP contribution is 2.37. The Labute approximate surface area is 164 Å². The van der Waals surface area contributed by atoms with E-state index in [1.165, 1.54) is 19.2 Å². The van der Waals surface area contributed by atoms with Crippen LogP contribution in [0, 0.1) is 6.92 Å². The van der Waals surface area contributed by atoms with Crippen molar-refractivity contribution in [3.05, 3.63) is 75.7 Å². The lowest BCUT2D eigenvalue weighted by Crippen LogP contribution is -2.23. The van der Waals surface area contributed by atoms with Gasteiger partial charge in [-0.05, 0) is 53.6 Å². The second-order valence-electron chi connectivity index (χ2n) is 6.67. The van der Waals surface area contributed by atoms with E-state index in [1.807, 2.05) is 0 Å². The minimum atomic E-state index is -4.55. The zero-order chi connectivity index (χ0) is 21.3. The number of benzene rings is 2. The van der Waals surface area contributed by atoms with Crippen molar-refractivity contribution < 1.29 is 17.9 Å². The minimum Gasteiger partial charge on any atom is -0.488 e. The molecule has 3 rings (SSSR count). The molecule has 9 heteroatoms. The number of rotatable bonds is 5. The Morgan fingerprint density at radius 3 is 2.52 bits per heavy atom. The Balaban J connectivity index is 2.09. The number of tetrazole rings is 1. The van der Waals surface area contributed by atoms with Gasteiger partial charge in [0.25, 0.3) is 0 Å². The van der Waals surface area contributed by atoms with Crippen molar-refractivity contribution in [3.63, 3.8) is 0 Å². The fraction of sp³-hybridized carbons (Fsp3) is 0.250. The molecule has 3 aromatic rings. The van der Waals surface area contributed by atoms with E-state index in [-0.39, 0.29) is 12.4 Å². The molecule has 152 valence electrons. The maximum atomic E-state index is 13.4. The predicted molar refractivity (Wildman–Crippen MR) is 102 cm³/mol. The molecule has 0 fully saturated rings. The Bertz CT molecular complexity index is 1130. The van der Waals surface area contributed by atoms with Crippen molar-refractivity contribution in [3.8, 4) is 11.4 Å². The highest BCUT2D eigenvalue weighted by molar-refractivity contribution is 5.68. The maximum absolute atomic E-state index is 13.4. The van der Waals surface area contributed by atoms with Gasteiger partial charge in [0.2, 0.25) is 0 Å².